The lowest BCUT2D eigenvalue weighted by molar-refractivity contribution is -0.384. The number of alkyl halides is 3. The molecule has 0 radical (unpaired) electrons. The topological polar surface area (TPSA) is 140 Å². The Balaban J connectivity index is 1.45. The average Bonchev–Trinajstić information content (AvgIpc) is 2.98. The second-order valence-corrected chi connectivity index (χ2v) is 9.12. The lowest BCUT2D eigenvalue weighted by atomic mass is 10.1. The van der Waals surface area contributed by atoms with Crippen molar-refractivity contribution in [3.05, 3.63) is 134 Å². The molecule has 4 aromatic rings. The molecule has 0 saturated carbocycles. The van der Waals surface area contributed by atoms with E-state index in [1.54, 1.807) is 24.3 Å². The van der Waals surface area contributed by atoms with Crippen molar-refractivity contribution in [2.24, 2.45) is 5.10 Å². The number of hydrogen-bond acceptors (Lipinski definition) is 7. The van der Waals surface area contributed by atoms with Crippen molar-refractivity contribution in [2.75, 3.05) is 5.32 Å². The molecule has 0 bridgehead atoms. The monoisotopic (exact) mass is 610 g/mol. The van der Waals surface area contributed by atoms with Gasteiger partial charge in [-0.25, -0.2) is 10.2 Å². The van der Waals surface area contributed by atoms with Gasteiger partial charge in [0.05, 0.1) is 22.3 Å². The number of rotatable bonds is 8. The number of nitro benzene ring substituents is 1. The van der Waals surface area contributed by atoms with Gasteiger partial charge in [-0.15, -0.1) is 0 Å². The zero-order valence-corrected chi connectivity index (χ0v) is 22.3. The lowest BCUT2D eigenvalue weighted by Crippen LogP contribution is -2.18. The molecule has 0 fully saturated rings. The Bertz CT molecular complexity index is 1730. The second kappa shape index (κ2) is 13.0. The van der Waals surface area contributed by atoms with Crippen molar-refractivity contribution in [2.45, 2.75) is 6.18 Å². The Labute approximate surface area is 245 Å². The summed E-state index contributed by atoms with van der Waals surface area (Å²) >= 11 is 5.82. The van der Waals surface area contributed by atoms with Crippen LogP contribution in [0.25, 0.3) is 0 Å². The minimum Gasteiger partial charge on any atom is -0.422 e. The molecular formula is C29H18ClF3N4O6. The standard InChI is InChI=1S/C29H18ClF3N4O6/c30-22-8-4-17(5-9-22)26(38)35-23-10-6-18(7-11-23)27(39)36-34-16-20-15-24(37(41)42)12-13-25(20)43-28(40)19-2-1-3-21(14-19)29(31,32)33/h1-16H,(H,35,38)(H,36,39)/b34-16+. The molecule has 0 aliphatic heterocycles. The van der Waals surface area contributed by atoms with E-state index in [0.29, 0.717) is 22.3 Å². The molecule has 0 aliphatic rings. The van der Waals surface area contributed by atoms with Gasteiger partial charge in [0.15, 0.2) is 0 Å². The fourth-order valence-corrected chi connectivity index (χ4v) is 3.68. The van der Waals surface area contributed by atoms with Crippen LogP contribution in [0, 0.1) is 10.1 Å². The average molecular weight is 611 g/mol. The molecule has 2 amide bonds. The van der Waals surface area contributed by atoms with Crippen LogP contribution in [0.5, 0.6) is 5.75 Å². The van der Waals surface area contributed by atoms with Gasteiger partial charge in [-0.1, -0.05) is 17.7 Å². The minimum absolute atomic E-state index is 0.116. The van der Waals surface area contributed by atoms with E-state index in [2.05, 4.69) is 15.8 Å². The molecule has 218 valence electrons. The number of carbonyl (C=O) groups excluding carboxylic acids is 3. The number of non-ortho nitro benzene ring substituents is 1. The lowest BCUT2D eigenvalue weighted by Gasteiger charge is -2.10. The first kappa shape index (κ1) is 30.4. The molecule has 10 nitrogen and oxygen atoms in total. The summed E-state index contributed by atoms with van der Waals surface area (Å²) in [6.45, 7) is 0. The molecule has 2 N–H and O–H groups in total. The smallest absolute Gasteiger partial charge is 0.416 e. The quantitative estimate of drug-likeness (QED) is 0.0767. The van der Waals surface area contributed by atoms with E-state index in [1.807, 2.05) is 0 Å². The predicted octanol–water partition coefficient (Wildman–Crippen LogP) is 6.50. The third-order valence-corrected chi connectivity index (χ3v) is 5.97. The van der Waals surface area contributed by atoms with E-state index >= 15 is 0 Å². The van der Waals surface area contributed by atoms with Gasteiger partial charge in [0.25, 0.3) is 17.5 Å². The number of halogens is 4. The number of ether oxygens (including phenoxy) is 1. The maximum atomic E-state index is 13.0. The van der Waals surface area contributed by atoms with Gasteiger partial charge in [-0.2, -0.15) is 18.3 Å². The summed E-state index contributed by atoms with van der Waals surface area (Å²) in [7, 11) is 0. The molecule has 0 saturated heterocycles. The molecule has 0 unspecified atom stereocenters. The van der Waals surface area contributed by atoms with Crippen LogP contribution >= 0.6 is 11.6 Å². The number of hydrogen-bond donors (Lipinski definition) is 2. The molecule has 0 atom stereocenters. The van der Waals surface area contributed by atoms with E-state index in [4.69, 9.17) is 16.3 Å². The van der Waals surface area contributed by atoms with Crippen LogP contribution in [-0.2, 0) is 6.18 Å². The van der Waals surface area contributed by atoms with Crippen LogP contribution in [0.3, 0.4) is 0 Å². The third kappa shape index (κ3) is 8.01. The number of benzene rings is 4. The number of anilines is 1. The van der Waals surface area contributed by atoms with Crippen molar-refractivity contribution < 1.29 is 37.2 Å². The van der Waals surface area contributed by atoms with Crippen LogP contribution in [0.4, 0.5) is 24.5 Å². The van der Waals surface area contributed by atoms with Crippen LogP contribution in [0.15, 0.2) is 96.1 Å². The summed E-state index contributed by atoms with van der Waals surface area (Å²) in [6, 6.07) is 18.7. The predicted molar refractivity (Wildman–Crippen MR) is 150 cm³/mol. The molecule has 0 aliphatic carbocycles. The van der Waals surface area contributed by atoms with E-state index in [1.165, 1.54) is 24.3 Å². The minimum atomic E-state index is -4.69. The van der Waals surface area contributed by atoms with Gasteiger partial charge in [0, 0.05) is 39.5 Å². The van der Waals surface area contributed by atoms with Crippen molar-refractivity contribution in [1.82, 2.24) is 5.43 Å². The fourth-order valence-electron chi connectivity index (χ4n) is 3.56. The molecular weight excluding hydrogens is 593 g/mol. The Morgan fingerprint density at radius 3 is 2.16 bits per heavy atom. The van der Waals surface area contributed by atoms with Crippen LogP contribution in [0.1, 0.15) is 42.2 Å². The maximum absolute atomic E-state index is 13.0. The third-order valence-electron chi connectivity index (χ3n) is 5.71. The zero-order valence-electron chi connectivity index (χ0n) is 21.6. The van der Waals surface area contributed by atoms with Crippen LogP contribution < -0.4 is 15.5 Å². The van der Waals surface area contributed by atoms with Gasteiger partial charge in [-0.3, -0.25) is 19.7 Å². The highest BCUT2D eigenvalue weighted by Gasteiger charge is 2.31. The molecule has 14 heteroatoms. The number of carbonyl (C=O) groups is 3. The second-order valence-electron chi connectivity index (χ2n) is 8.68. The van der Waals surface area contributed by atoms with Crippen LogP contribution in [0.2, 0.25) is 5.02 Å². The van der Waals surface area contributed by atoms with E-state index < -0.39 is 39.8 Å². The largest absolute Gasteiger partial charge is 0.422 e. The molecule has 0 spiro atoms. The number of hydrazone groups is 1. The van der Waals surface area contributed by atoms with Crippen molar-refractivity contribution in [3.63, 3.8) is 0 Å². The first-order valence-corrected chi connectivity index (χ1v) is 12.5. The summed E-state index contributed by atoms with van der Waals surface area (Å²) in [5.74, 6) is -2.48. The van der Waals surface area contributed by atoms with Gasteiger partial charge in [-0.05, 0) is 72.8 Å². The van der Waals surface area contributed by atoms with Gasteiger partial charge in [0.1, 0.15) is 5.75 Å². The van der Waals surface area contributed by atoms with Gasteiger partial charge >= 0.3 is 12.1 Å². The molecule has 43 heavy (non-hydrogen) atoms. The molecule has 0 aromatic heterocycles. The van der Waals surface area contributed by atoms with E-state index in [9.17, 15) is 37.7 Å². The Hall–Kier alpha value is -5.56. The number of amides is 2. The molecule has 4 rings (SSSR count). The van der Waals surface area contributed by atoms with Crippen molar-refractivity contribution in [3.8, 4) is 5.75 Å². The first-order valence-electron chi connectivity index (χ1n) is 12.1. The Kier molecular flexibility index (Phi) is 9.16. The maximum Gasteiger partial charge on any atom is 0.416 e. The van der Waals surface area contributed by atoms with Crippen molar-refractivity contribution >= 4 is 47.0 Å². The summed E-state index contributed by atoms with van der Waals surface area (Å²) in [5.41, 5.74) is 1.17. The van der Waals surface area contributed by atoms with Crippen molar-refractivity contribution in [1.29, 1.82) is 0 Å². The first-order chi connectivity index (χ1) is 20.4. The SMILES string of the molecule is O=C(N/N=C/c1cc([N+](=O)[O-])ccc1OC(=O)c1cccc(C(F)(F)F)c1)c1ccc(NC(=O)c2ccc(Cl)cc2)cc1. The highest BCUT2D eigenvalue weighted by molar-refractivity contribution is 6.30. The van der Waals surface area contributed by atoms with Gasteiger partial charge in [0.2, 0.25) is 0 Å². The summed E-state index contributed by atoms with van der Waals surface area (Å²) < 4.78 is 44.3. The highest BCUT2D eigenvalue weighted by atomic mass is 35.5. The summed E-state index contributed by atoms with van der Waals surface area (Å²) in [5, 5.41) is 18.1. The molecule has 4 aromatic carbocycles. The fraction of sp³-hybridized carbons (Fsp3) is 0.0345. The van der Waals surface area contributed by atoms with E-state index in [0.717, 1.165) is 42.6 Å². The van der Waals surface area contributed by atoms with Gasteiger partial charge < -0.3 is 10.1 Å². The normalized spacial score (nSPS) is 11.2. The molecule has 0 heterocycles. The summed E-state index contributed by atoms with van der Waals surface area (Å²) in [6.07, 6.45) is -3.72. The number of nitrogens with zero attached hydrogens (tertiary/aromatic N) is 2. The zero-order chi connectivity index (χ0) is 31.1. The Morgan fingerprint density at radius 1 is 0.860 bits per heavy atom. The number of nitro groups is 1. The summed E-state index contributed by atoms with van der Waals surface area (Å²) in [4.78, 5) is 48.0. The number of esters is 1. The highest BCUT2D eigenvalue weighted by Crippen LogP contribution is 2.30. The number of nitrogens with one attached hydrogen (secondary N) is 2. The Morgan fingerprint density at radius 2 is 1.51 bits per heavy atom. The van der Waals surface area contributed by atoms with E-state index in [-0.39, 0.29) is 22.8 Å². The van der Waals surface area contributed by atoms with Crippen LogP contribution in [-0.4, -0.2) is 28.9 Å².